The third kappa shape index (κ3) is 10.3. The molecule has 0 atom stereocenters. The van der Waals surface area contributed by atoms with Gasteiger partial charge >= 0.3 is 86.0 Å². The van der Waals surface area contributed by atoms with Gasteiger partial charge in [0.25, 0.3) is 0 Å². The molecule has 1 aliphatic rings. The second-order valence-corrected chi connectivity index (χ2v) is 4.67. The van der Waals surface area contributed by atoms with Crippen LogP contribution in [0.25, 0.3) is 0 Å². The molecule has 0 nitrogen and oxygen atoms in total. The largest absolute Gasteiger partial charge is 2.00 e. The molecule has 1 aliphatic carbocycles. The molecule has 0 aromatic heterocycles. The molecule has 2 rings (SSSR count). The van der Waals surface area contributed by atoms with E-state index in [-0.39, 0.29) is 48.7 Å². The Balaban J connectivity index is -0.000000225. The van der Waals surface area contributed by atoms with Crippen LogP contribution in [0.15, 0.2) is 65.2 Å². The van der Waals surface area contributed by atoms with Crippen LogP contribution in [0.3, 0.4) is 0 Å². The van der Waals surface area contributed by atoms with Gasteiger partial charge in [0.1, 0.15) is 0 Å². The first-order valence-electron chi connectivity index (χ1n) is 4.70. The summed E-state index contributed by atoms with van der Waals surface area (Å²) >= 11 is 0.596. The zero-order chi connectivity index (χ0) is 10.9. The summed E-state index contributed by atoms with van der Waals surface area (Å²) in [7, 11) is 0. The van der Waals surface area contributed by atoms with E-state index in [4.69, 9.17) is 0 Å². The van der Waals surface area contributed by atoms with Crippen molar-refractivity contribution in [2.45, 2.75) is 5.82 Å². The zero-order valence-electron chi connectivity index (χ0n) is 10.1. The van der Waals surface area contributed by atoms with Crippen molar-refractivity contribution in [3.05, 3.63) is 77.7 Å². The number of allylic oxidation sites excluding steroid dienone is 5. The van der Waals surface area contributed by atoms with Crippen molar-refractivity contribution in [1.82, 2.24) is 0 Å². The summed E-state index contributed by atoms with van der Waals surface area (Å²) in [5.74, 6) is 2.21. The van der Waals surface area contributed by atoms with Gasteiger partial charge in [-0.15, -0.1) is 0 Å². The third-order valence-corrected chi connectivity index (χ3v) is 3.56. The monoisotopic (exact) mass is 452 g/mol. The molecule has 0 fully saturated rings. The molecule has 1 aromatic rings. The van der Waals surface area contributed by atoms with Crippen LogP contribution in [0.4, 0.5) is 0 Å². The molecule has 18 heavy (non-hydrogen) atoms. The Kier molecular flexibility index (Phi) is 20.0. The number of rotatable bonds is 1. The minimum Gasteiger partial charge on any atom is -1.00 e. The van der Waals surface area contributed by atoms with Crippen LogP contribution in [-0.2, 0) is 0 Å². The maximum Gasteiger partial charge on any atom is 2.00 e. The van der Waals surface area contributed by atoms with Gasteiger partial charge in [0.15, 0.2) is 0 Å². The second-order valence-electron chi connectivity index (χ2n) is 2.89. The number of halogens is 2. The van der Waals surface area contributed by atoms with Crippen LogP contribution in [0.2, 0.25) is 5.82 Å². The average Bonchev–Trinajstić information content (AvgIpc) is 2.33. The molecule has 0 bridgehead atoms. The quantitative estimate of drug-likeness (QED) is 0.402. The van der Waals surface area contributed by atoms with Gasteiger partial charge in [-0.2, -0.15) is 0 Å². The van der Waals surface area contributed by atoms with E-state index in [2.05, 4.69) is 37.0 Å². The van der Waals surface area contributed by atoms with E-state index in [0.717, 1.165) is 0 Å². The summed E-state index contributed by atoms with van der Waals surface area (Å²) < 4.78 is 1.41. The maximum absolute atomic E-state index is 3.91. The number of hydrogen-bond donors (Lipinski definition) is 0. The van der Waals surface area contributed by atoms with Crippen molar-refractivity contribution in [1.29, 1.82) is 0 Å². The van der Waals surface area contributed by atoms with E-state index in [1.807, 2.05) is 36.4 Å². The number of hydrogen-bond acceptors (Lipinski definition) is 0. The van der Waals surface area contributed by atoms with Crippen molar-refractivity contribution >= 4 is 38.9 Å². The van der Waals surface area contributed by atoms with E-state index in [1.165, 1.54) is 10.0 Å². The molecule has 1 aromatic carbocycles. The SMILES string of the molecule is C=C1[CH]C=CC=C1[Se]C.[Cl-].[Cl-].[Sn+2].[c]1ccccc1. The van der Waals surface area contributed by atoms with Crippen molar-refractivity contribution in [2.75, 3.05) is 0 Å². The molecule has 4 radical (unpaired) electrons. The molecular formula is C14H14Cl2SeSn. The molecule has 4 heteroatoms. The Morgan fingerprint density at radius 2 is 1.67 bits per heavy atom. The minimum absolute atomic E-state index is 0. The van der Waals surface area contributed by atoms with E-state index in [1.54, 1.807) is 0 Å². The molecule has 0 N–H and O–H groups in total. The van der Waals surface area contributed by atoms with Gasteiger partial charge in [0.05, 0.1) is 0 Å². The van der Waals surface area contributed by atoms with Crippen LogP contribution < -0.4 is 24.8 Å². The van der Waals surface area contributed by atoms with Crippen LogP contribution in [0.1, 0.15) is 0 Å². The fraction of sp³-hybridized carbons (Fsp3) is 0.0714. The van der Waals surface area contributed by atoms with Crippen molar-refractivity contribution in [2.24, 2.45) is 0 Å². The normalized spacial score (nSPS) is 11.6. The summed E-state index contributed by atoms with van der Waals surface area (Å²) in [5.41, 5.74) is 1.18. The molecule has 0 aliphatic heterocycles. The topological polar surface area (TPSA) is 0 Å². The van der Waals surface area contributed by atoms with Crippen molar-refractivity contribution < 1.29 is 24.8 Å². The van der Waals surface area contributed by atoms with Gasteiger partial charge in [-0.3, -0.25) is 0 Å². The molecule has 0 saturated heterocycles. The fourth-order valence-electron chi connectivity index (χ4n) is 1.04. The third-order valence-electron chi connectivity index (χ3n) is 1.80. The predicted octanol–water partition coefficient (Wildman–Crippen LogP) is -2.93. The number of benzene rings is 1. The Bertz CT molecular complexity index is 335. The molecule has 0 spiro atoms. The smallest absolute Gasteiger partial charge is 1.00 e. The summed E-state index contributed by atoms with van der Waals surface area (Å²) in [6, 6.07) is 12.5. The summed E-state index contributed by atoms with van der Waals surface area (Å²) in [6.07, 6.45) is 8.29. The summed E-state index contributed by atoms with van der Waals surface area (Å²) in [6.45, 7) is 3.91. The Hall–Kier alpha value is 0.338. The van der Waals surface area contributed by atoms with E-state index < -0.39 is 0 Å². The van der Waals surface area contributed by atoms with Gasteiger partial charge < -0.3 is 24.8 Å². The molecule has 0 heterocycles. The predicted molar refractivity (Wildman–Crippen MR) is 73.3 cm³/mol. The molecule has 94 valence electrons. The van der Waals surface area contributed by atoms with Crippen molar-refractivity contribution in [3.63, 3.8) is 0 Å². The summed E-state index contributed by atoms with van der Waals surface area (Å²) in [4.78, 5) is 0. The van der Waals surface area contributed by atoms with Gasteiger partial charge in [-0.05, 0) is 6.07 Å². The van der Waals surface area contributed by atoms with E-state index in [9.17, 15) is 0 Å². The average molecular weight is 451 g/mol. The van der Waals surface area contributed by atoms with Gasteiger partial charge in [-0.1, -0.05) is 30.3 Å². The Morgan fingerprint density at radius 1 is 1.06 bits per heavy atom. The van der Waals surface area contributed by atoms with Crippen LogP contribution >= 0.6 is 0 Å². The van der Waals surface area contributed by atoms with Gasteiger partial charge in [-0.25, -0.2) is 0 Å². The first kappa shape index (κ1) is 23.4. The van der Waals surface area contributed by atoms with Crippen LogP contribution in [0.5, 0.6) is 0 Å². The van der Waals surface area contributed by atoms with Crippen LogP contribution in [-0.4, -0.2) is 38.9 Å². The van der Waals surface area contributed by atoms with Crippen LogP contribution in [0, 0.1) is 12.5 Å². The first-order chi connectivity index (χ1) is 7.34. The standard InChI is InChI=1S/C8H9Se.C6H5.2ClH.Sn/c1-7-5-3-4-6-8(7)9-2;1-2-4-6-5-3-1;;;/h3-6H,1H2,2H3;1-5H;2*1H;/q;;;;+2/p-2. The van der Waals surface area contributed by atoms with Crippen molar-refractivity contribution in [3.8, 4) is 0 Å². The van der Waals surface area contributed by atoms with Gasteiger partial charge in [0.2, 0.25) is 0 Å². The molecule has 0 saturated carbocycles. The van der Waals surface area contributed by atoms with Gasteiger partial charge in [0, 0.05) is 0 Å². The maximum atomic E-state index is 3.91. The minimum atomic E-state index is 0. The molecule has 0 unspecified atom stereocenters. The first-order valence-corrected chi connectivity index (χ1v) is 7.27. The Morgan fingerprint density at radius 3 is 1.94 bits per heavy atom. The molecular weight excluding hydrogens is 437 g/mol. The van der Waals surface area contributed by atoms with E-state index in [0.29, 0.717) is 15.0 Å². The summed E-state index contributed by atoms with van der Waals surface area (Å²) in [5, 5.41) is 0. The molecule has 0 amide bonds. The van der Waals surface area contributed by atoms with E-state index >= 15 is 0 Å². The fourth-order valence-corrected chi connectivity index (χ4v) is 2.19. The second kappa shape index (κ2) is 15.4. The Labute approximate surface area is 146 Å². The zero-order valence-corrected chi connectivity index (χ0v) is 16.1.